The summed E-state index contributed by atoms with van der Waals surface area (Å²) < 4.78 is 7.70. The third kappa shape index (κ3) is 4.82. The van der Waals surface area contributed by atoms with Crippen LogP contribution < -0.4 is 4.74 Å². The summed E-state index contributed by atoms with van der Waals surface area (Å²) in [4.78, 5) is 18.1. The normalized spacial score (nSPS) is 20.0. The number of amides is 1. The van der Waals surface area contributed by atoms with E-state index in [1.165, 1.54) is 0 Å². The highest BCUT2D eigenvalue weighted by molar-refractivity contribution is 5.76. The van der Waals surface area contributed by atoms with Gasteiger partial charge in [-0.3, -0.25) is 4.79 Å². The van der Waals surface area contributed by atoms with Gasteiger partial charge >= 0.3 is 0 Å². The number of aliphatic hydroxyl groups is 1. The second-order valence-corrected chi connectivity index (χ2v) is 6.80. The van der Waals surface area contributed by atoms with E-state index in [4.69, 9.17) is 4.74 Å². The van der Waals surface area contributed by atoms with Crippen LogP contribution in [-0.4, -0.2) is 50.8 Å². The summed E-state index contributed by atoms with van der Waals surface area (Å²) in [6.07, 6.45) is 7.17. The number of nitrogens with zero attached hydrogens (tertiary/aromatic N) is 3. The minimum atomic E-state index is -0.968. The molecule has 1 aromatic carbocycles. The van der Waals surface area contributed by atoms with E-state index in [1.54, 1.807) is 17.4 Å². The standard InChI is InChI=1S/C19H25N3O3/c1-16-4-2-5-17(12-16)25-14-19(24)7-10-22(13-19)18(23)6-3-9-21-11-8-20-15-21/h2,4-5,8,11-12,15,24H,3,6-7,9-10,13-14H2,1H3/t19-/m1/s1. The number of ether oxygens (including phenoxy) is 1. The summed E-state index contributed by atoms with van der Waals surface area (Å²) in [5.74, 6) is 0.838. The van der Waals surface area contributed by atoms with Crippen molar-refractivity contribution >= 4 is 5.91 Å². The Balaban J connectivity index is 1.44. The molecule has 2 heterocycles. The van der Waals surface area contributed by atoms with Crippen molar-refractivity contribution in [3.05, 3.63) is 48.5 Å². The molecule has 6 heteroatoms. The van der Waals surface area contributed by atoms with E-state index in [0.717, 1.165) is 24.3 Å². The third-order valence-corrected chi connectivity index (χ3v) is 4.55. The van der Waals surface area contributed by atoms with Crippen molar-refractivity contribution in [3.8, 4) is 5.75 Å². The number of likely N-dealkylation sites (tertiary alicyclic amines) is 1. The van der Waals surface area contributed by atoms with E-state index in [9.17, 15) is 9.90 Å². The number of β-amino-alcohol motifs (C(OH)–C–C–N with tert-alkyl or cyclic N) is 1. The van der Waals surface area contributed by atoms with Crippen molar-refractivity contribution in [1.29, 1.82) is 0 Å². The Bertz CT molecular complexity index is 702. The minimum absolute atomic E-state index is 0.0894. The van der Waals surface area contributed by atoms with Crippen molar-refractivity contribution in [1.82, 2.24) is 14.5 Å². The zero-order chi connectivity index (χ0) is 17.7. The second-order valence-electron chi connectivity index (χ2n) is 6.80. The van der Waals surface area contributed by atoms with Gasteiger partial charge in [0.05, 0.1) is 12.9 Å². The number of carbonyl (C=O) groups is 1. The van der Waals surface area contributed by atoms with Crippen LogP contribution in [0.3, 0.4) is 0 Å². The Morgan fingerprint density at radius 3 is 3.08 bits per heavy atom. The number of rotatable bonds is 7. The van der Waals surface area contributed by atoms with Crippen LogP contribution in [0.2, 0.25) is 0 Å². The van der Waals surface area contributed by atoms with Crippen molar-refractivity contribution < 1.29 is 14.6 Å². The first-order valence-corrected chi connectivity index (χ1v) is 8.69. The fourth-order valence-electron chi connectivity index (χ4n) is 3.10. The molecule has 0 saturated carbocycles. The Hall–Kier alpha value is -2.34. The molecule has 1 aliphatic heterocycles. The molecule has 1 amide bonds. The Morgan fingerprint density at radius 2 is 2.32 bits per heavy atom. The molecule has 0 radical (unpaired) electrons. The molecule has 1 aromatic heterocycles. The molecular formula is C19H25N3O3. The summed E-state index contributed by atoms with van der Waals surface area (Å²) in [6, 6.07) is 7.75. The average Bonchev–Trinajstić information content (AvgIpc) is 3.23. The monoisotopic (exact) mass is 343 g/mol. The maximum absolute atomic E-state index is 12.3. The summed E-state index contributed by atoms with van der Waals surface area (Å²) >= 11 is 0. The molecule has 0 unspecified atom stereocenters. The van der Waals surface area contributed by atoms with Crippen LogP contribution in [0.25, 0.3) is 0 Å². The van der Waals surface area contributed by atoms with Gasteiger partial charge in [-0.2, -0.15) is 0 Å². The molecule has 3 rings (SSSR count). The van der Waals surface area contributed by atoms with Gasteiger partial charge in [-0.05, 0) is 37.5 Å². The van der Waals surface area contributed by atoms with Gasteiger partial charge < -0.3 is 19.3 Å². The topological polar surface area (TPSA) is 67.6 Å². The number of hydrogen-bond acceptors (Lipinski definition) is 4. The molecular weight excluding hydrogens is 318 g/mol. The minimum Gasteiger partial charge on any atom is -0.491 e. The van der Waals surface area contributed by atoms with E-state index in [2.05, 4.69) is 4.98 Å². The van der Waals surface area contributed by atoms with E-state index < -0.39 is 5.60 Å². The molecule has 2 aromatic rings. The first-order valence-electron chi connectivity index (χ1n) is 8.69. The van der Waals surface area contributed by atoms with Crippen LogP contribution >= 0.6 is 0 Å². The molecule has 0 spiro atoms. The number of aromatic nitrogens is 2. The smallest absolute Gasteiger partial charge is 0.222 e. The van der Waals surface area contributed by atoms with Gasteiger partial charge in [0.15, 0.2) is 0 Å². The molecule has 1 N–H and O–H groups in total. The molecule has 134 valence electrons. The third-order valence-electron chi connectivity index (χ3n) is 4.55. The molecule has 1 atom stereocenters. The van der Waals surface area contributed by atoms with Gasteiger partial charge in [-0.15, -0.1) is 0 Å². The summed E-state index contributed by atoms with van der Waals surface area (Å²) in [5.41, 5.74) is 0.148. The molecule has 6 nitrogen and oxygen atoms in total. The predicted octanol–water partition coefficient (Wildman–Crippen LogP) is 2.01. The Kier molecular flexibility index (Phi) is 5.38. The molecule has 1 fully saturated rings. The first-order chi connectivity index (χ1) is 12.0. The summed E-state index contributed by atoms with van der Waals surface area (Å²) in [7, 11) is 0. The SMILES string of the molecule is Cc1cccc(OC[C@@]2(O)CCN(C(=O)CCCn3ccnc3)C2)c1. The second kappa shape index (κ2) is 7.70. The largest absolute Gasteiger partial charge is 0.491 e. The molecule has 0 aliphatic carbocycles. The van der Waals surface area contributed by atoms with Gasteiger partial charge in [-0.25, -0.2) is 4.98 Å². The summed E-state index contributed by atoms with van der Waals surface area (Å²) in [5, 5.41) is 10.7. The first kappa shape index (κ1) is 17.5. The van der Waals surface area contributed by atoms with Crippen LogP contribution in [0.1, 0.15) is 24.8 Å². The highest BCUT2D eigenvalue weighted by atomic mass is 16.5. The Morgan fingerprint density at radius 1 is 1.44 bits per heavy atom. The predicted molar refractivity (Wildman–Crippen MR) is 94.3 cm³/mol. The van der Waals surface area contributed by atoms with Gasteiger partial charge in [0.2, 0.25) is 5.91 Å². The lowest BCUT2D eigenvalue weighted by molar-refractivity contribution is -0.131. The van der Waals surface area contributed by atoms with Crippen molar-refractivity contribution in [2.75, 3.05) is 19.7 Å². The lowest BCUT2D eigenvalue weighted by atomic mass is 10.1. The highest BCUT2D eigenvalue weighted by Gasteiger charge is 2.38. The van der Waals surface area contributed by atoms with Gasteiger partial charge in [0.1, 0.15) is 18.0 Å². The lowest BCUT2D eigenvalue weighted by Crippen LogP contribution is -2.40. The van der Waals surface area contributed by atoms with Gasteiger partial charge in [0.25, 0.3) is 0 Å². The lowest BCUT2D eigenvalue weighted by Gasteiger charge is -2.23. The number of carbonyl (C=O) groups excluding carboxylic acids is 1. The van der Waals surface area contributed by atoms with E-state index in [0.29, 0.717) is 25.9 Å². The zero-order valence-corrected chi connectivity index (χ0v) is 14.6. The number of hydrogen-bond donors (Lipinski definition) is 1. The molecule has 25 heavy (non-hydrogen) atoms. The van der Waals surface area contributed by atoms with Gasteiger partial charge in [-0.1, -0.05) is 12.1 Å². The Labute approximate surface area is 148 Å². The summed E-state index contributed by atoms with van der Waals surface area (Å²) in [6.45, 7) is 3.90. The highest BCUT2D eigenvalue weighted by Crippen LogP contribution is 2.24. The zero-order valence-electron chi connectivity index (χ0n) is 14.6. The van der Waals surface area contributed by atoms with Crippen molar-refractivity contribution in [2.24, 2.45) is 0 Å². The van der Waals surface area contributed by atoms with Crippen molar-refractivity contribution in [2.45, 2.75) is 38.3 Å². The molecule has 1 aliphatic rings. The fraction of sp³-hybridized carbons (Fsp3) is 0.474. The van der Waals surface area contributed by atoms with Crippen LogP contribution in [-0.2, 0) is 11.3 Å². The van der Waals surface area contributed by atoms with Crippen LogP contribution in [0.5, 0.6) is 5.75 Å². The molecule has 1 saturated heterocycles. The van der Waals surface area contributed by atoms with E-state index in [-0.39, 0.29) is 12.5 Å². The van der Waals surface area contributed by atoms with E-state index in [1.807, 2.05) is 42.0 Å². The maximum atomic E-state index is 12.3. The van der Waals surface area contributed by atoms with Crippen molar-refractivity contribution in [3.63, 3.8) is 0 Å². The van der Waals surface area contributed by atoms with Crippen LogP contribution in [0, 0.1) is 6.92 Å². The maximum Gasteiger partial charge on any atom is 0.222 e. The number of benzene rings is 1. The average molecular weight is 343 g/mol. The molecule has 0 bridgehead atoms. The van der Waals surface area contributed by atoms with Crippen LogP contribution in [0.4, 0.5) is 0 Å². The number of aryl methyl sites for hydroxylation is 2. The quantitative estimate of drug-likeness (QED) is 0.835. The number of imidazole rings is 1. The van der Waals surface area contributed by atoms with Gasteiger partial charge in [0, 0.05) is 31.9 Å². The van der Waals surface area contributed by atoms with E-state index >= 15 is 0 Å². The van der Waals surface area contributed by atoms with Crippen LogP contribution in [0.15, 0.2) is 43.0 Å². The fourth-order valence-corrected chi connectivity index (χ4v) is 3.10.